The van der Waals surface area contributed by atoms with E-state index in [4.69, 9.17) is 0 Å². The number of amides is 1. The standard InChI is InChI=1S/C8H13NO2/c10-8-5-6-3-1-2-4-7(6)9(8)11/h6-7,11H,1-5H2/t6-,7-/m0/s1. The minimum atomic E-state index is -0.0816. The average Bonchev–Trinajstić information content (AvgIpc) is 2.30. The smallest absolute Gasteiger partial charge is 0.246 e. The molecule has 0 aromatic heterocycles. The molecular formula is C8H13NO2. The van der Waals surface area contributed by atoms with Crippen LogP contribution in [0.15, 0.2) is 0 Å². The molecule has 0 radical (unpaired) electrons. The summed E-state index contributed by atoms with van der Waals surface area (Å²) in [5, 5.41) is 10.2. The van der Waals surface area contributed by atoms with Crippen LogP contribution in [0.2, 0.25) is 0 Å². The van der Waals surface area contributed by atoms with Crippen molar-refractivity contribution >= 4 is 5.91 Å². The molecule has 1 saturated heterocycles. The number of rotatable bonds is 0. The second-order valence-corrected chi connectivity index (χ2v) is 3.55. The van der Waals surface area contributed by atoms with Gasteiger partial charge in [0.05, 0.1) is 6.04 Å². The van der Waals surface area contributed by atoms with Gasteiger partial charge in [-0.25, -0.2) is 5.06 Å². The van der Waals surface area contributed by atoms with Crippen molar-refractivity contribution in [1.29, 1.82) is 0 Å². The predicted molar refractivity (Wildman–Crippen MR) is 39.0 cm³/mol. The van der Waals surface area contributed by atoms with Crippen molar-refractivity contribution in [2.45, 2.75) is 38.1 Å². The quantitative estimate of drug-likeness (QED) is 0.533. The van der Waals surface area contributed by atoms with Crippen LogP contribution in [0.1, 0.15) is 32.1 Å². The summed E-state index contributed by atoms with van der Waals surface area (Å²) < 4.78 is 0. The Kier molecular flexibility index (Phi) is 1.60. The first kappa shape index (κ1) is 7.10. The molecule has 2 aliphatic rings. The third-order valence-corrected chi connectivity index (χ3v) is 2.88. The van der Waals surface area contributed by atoms with Crippen LogP contribution in [0.3, 0.4) is 0 Å². The number of nitrogens with zero attached hydrogens (tertiary/aromatic N) is 1. The first-order chi connectivity index (χ1) is 5.29. The highest BCUT2D eigenvalue weighted by atomic mass is 16.5. The Bertz CT molecular complexity index is 181. The lowest BCUT2D eigenvalue weighted by Crippen LogP contribution is -2.33. The van der Waals surface area contributed by atoms with Gasteiger partial charge in [0.25, 0.3) is 0 Å². The molecular weight excluding hydrogens is 142 g/mol. The molecule has 1 aliphatic heterocycles. The number of hydroxylamine groups is 2. The van der Waals surface area contributed by atoms with Crippen molar-refractivity contribution in [1.82, 2.24) is 5.06 Å². The van der Waals surface area contributed by atoms with Crippen LogP contribution >= 0.6 is 0 Å². The summed E-state index contributed by atoms with van der Waals surface area (Å²) >= 11 is 0. The van der Waals surface area contributed by atoms with Gasteiger partial charge in [-0.1, -0.05) is 12.8 Å². The van der Waals surface area contributed by atoms with Crippen LogP contribution in [0.4, 0.5) is 0 Å². The lowest BCUT2D eigenvalue weighted by molar-refractivity contribution is -0.167. The molecule has 2 fully saturated rings. The summed E-state index contributed by atoms with van der Waals surface area (Å²) in [7, 11) is 0. The van der Waals surface area contributed by atoms with Crippen LogP contribution in [0.25, 0.3) is 0 Å². The van der Waals surface area contributed by atoms with E-state index in [1.54, 1.807) is 0 Å². The summed E-state index contributed by atoms with van der Waals surface area (Å²) in [6, 6.07) is 0.149. The second kappa shape index (κ2) is 2.48. The zero-order chi connectivity index (χ0) is 7.84. The van der Waals surface area contributed by atoms with Crippen LogP contribution in [0.5, 0.6) is 0 Å². The molecule has 3 heteroatoms. The SMILES string of the molecule is O=C1C[C@@H]2CCCC[C@@H]2N1O. The van der Waals surface area contributed by atoms with Crippen molar-refractivity contribution in [3.63, 3.8) is 0 Å². The molecule has 1 heterocycles. The zero-order valence-corrected chi connectivity index (χ0v) is 6.49. The highest BCUT2D eigenvalue weighted by molar-refractivity contribution is 5.78. The third-order valence-electron chi connectivity index (χ3n) is 2.88. The van der Waals surface area contributed by atoms with Gasteiger partial charge in [-0.2, -0.15) is 0 Å². The molecule has 62 valence electrons. The molecule has 0 unspecified atom stereocenters. The molecule has 2 atom stereocenters. The fourth-order valence-corrected chi connectivity index (χ4v) is 2.25. The second-order valence-electron chi connectivity index (χ2n) is 3.55. The van der Waals surface area contributed by atoms with Crippen molar-refractivity contribution in [3.05, 3.63) is 0 Å². The van der Waals surface area contributed by atoms with Gasteiger partial charge in [-0.05, 0) is 18.8 Å². The molecule has 1 N–H and O–H groups in total. The number of hydrogen-bond acceptors (Lipinski definition) is 2. The number of carbonyl (C=O) groups excluding carboxylic acids is 1. The molecule has 0 bridgehead atoms. The maximum absolute atomic E-state index is 11.0. The van der Waals surface area contributed by atoms with Gasteiger partial charge in [0.15, 0.2) is 0 Å². The minimum absolute atomic E-state index is 0.0816. The Hall–Kier alpha value is -0.570. The van der Waals surface area contributed by atoms with Gasteiger partial charge in [-0.3, -0.25) is 10.0 Å². The minimum Gasteiger partial charge on any atom is -0.286 e. The van der Waals surface area contributed by atoms with Gasteiger partial charge >= 0.3 is 0 Å². The highest BCUT2D eigenvalue weighted by Crippen LogP contribution is 2.35. The maximum Gasteiger partial charge on any atom is 0.246 e. The fourth-order valence-electron chi connectivity index (χ4n) is 2.25. The topological polar surface area (TPSA) is 40.5 Å². The van der Waals surface area contributed by atoms with Crippen molar-refractivity contribution < 1.29 is 10.0 Å². The highest BCUT2D eigenvalue weighted by Gasteiger charge is 2.40. The van der Waals surface area contributed by atoms with Gasteiger partial charge < -0.3 is 0 Å². The first-order valence-corrected chi connectivity index (χ1v) is 4.30. The molecule has 2 rings (SSSR count). The van der Waals surface area contributed by atoms with E-state index >= 15 is 0 Å². The Balaban J connectivity index is 2.11. The van der Waals surface area contributed by atoms with Gasteiger partial charge in [0.2, 0.25) is 5.91 Å². The van der Waals surface area contributed by atoms with E-state index in [0.29, 0.717) is 12.3 Å². The lowest BCUT2D eigenvalue weighted by Gasteiger charge is -2.26. The van der Waals surface area contributed by atoms with Crippen molar-refractivity contribution in [2.24, 2.45) is 5.92 Å². The Morgan fingerprint density at radius 3 is 2.82 bits per heavy atom. The normalized spacial score (nSPS) is 37.5. The van der Waals surface area contributed by atoms with E-state index in [0.717, 1.165) is 24.3 Å². The van der Waals surface area contributed by atoms with E-state index < -0.39 is 0 Å². The number of hydrogen-bond donors (Lipinski definition) is 1. The van der Waals surface area contributed by atoms with Crippen molar-refractivity contribution in [2.75, 3.05) is 0 Å². The number of carbonyl (C=O) groups is 1. The van der Waals surface area contributed by atoms with E-state index in [1.807, 2.05) is 0 Å². The van der Waals surface area contributed by atoms with Crippen LogP contribution in [-0.2, 0) is 4.79 Å². The van der Waals surface area contributed by atoms with Crippen LogP contribution in [-0.4, -0.2) is 22.2 Å². The molecule has 0 aromatic rings. The van der Waals surface area contributed by atoms with Crippen LogP contribution < -0.4 is 0 Å². The van der Waals surface area contributed by atoms with Crippen LogP contribution in [0, 0.1) is 5.92 Å². The molecule has 1 aliphatic carbocycles. The van der Waals surface area contributed by atoms with Crippen molar-refractivity contribution in [3.8, 4) is 0 Å². The van der Waals surface area contributed by atoms with Gasteiger partial charge in [-0.15, -0.1) is 0 Å². The molecule has 0 spiro atoms. The Morgan fingerprint density at radius 1 is 1.36 bits per heavy atom. The molecule has 1 saturated carbocycles. The molecule has 3 nitrogen and oxygen atoms in total. The fraction of sp³-hybridized carbons (Fsp3) is 0.875. The van der Waals surface area contributed by atoms with Gasteiger partial charge in [0.1, 0.15) is 0 Å². The molecule has 1 amide bonds. The zero-order valence-electron chi connectivity index (χ0n) is 6.49. The number of fused-ring (bicyclic) bond motifs is 1. The summed E-state index contributed by atoms with van der Waals surface area (Å²) in [5.74, 6) is 0.364. The average molecular weight is 155 g/mol. The maximum atomic E-state index is 11.0. The third kappa shape index (κ3) is 1.03. The Labute approximate surface area is 66.0 Å². The van der Waals surface area contributed by atoms with E-state index in [1.165, 1.54) is 6.42 Å². The molecule has 0 aromatic carbocycles. The summed E-state index contributed by atoms with van der Waals surface area (Å²) in [6.07, 6.45) is 5.06. The predicted octanol–water partition coefficient (Wildman–Crippen LogP) is 1.17. The first-order valence-electron chi connectivity index (χ1n) is 4.30. The van der Waals surface area contributed by atoms with E-state index in [-0.39, 0.29) is 11.9 Å². The van der Waals surface area contributed by atoms with Gasteiger partial charge in [0, 0.05) is 6.42 Å². The molecule has 11 heavy (non-hydrogen) atoms. The van der Waals surface area contributed by atoms with E-state index in [2.05, 4.69) is 0 Å². The van der Waals surface area contributed by atoms with E-state index in [9.17, 15) is 10.0 Å². The lowest BCUT2D eigenvalue weighted by atomic mass is 9.85. The monoisotopic (exact) mass is 155 g/mol. The largest absolute Gasteiger partial charge is 0.286 e. The summed E-state index contributed by atoms with van der Waals surface area (Å²) in [5.41, 5.74) is 0. The summed E-state index contributed by atoms with van der Waals surface area (Å²) in [4.78, 5) is 11.0. The Morgan fingerprint density at radius 2 is 2.09 bits per heavy atom. The summed E-state index contributed by atoms with van der Waals surface area (Å²) in [6.45, 7) is 0.